The number of carbonyl (C=O) groups excluding carboxylic acids is 2. The van der Waals surface area contributed by atoms with E-state index in [4.69, 9.17) is 4.74 Å². The smallest absolute Gasteiger partial charge is 0.226 e. The molecule has 5 unspecified atom stereocenters. The third-order valence-corrected chi connectivity index (χ3v) is 8.28. The number of anilines is 1. The zero-order valence-corrected chi connectivity index (χ0v) is 20.6. The summed E-state index contributed by atoms with van der Waals surface area (Å²) in [6, 6.07) is 18.2. The molecule has 4 aliphatic rings. The van der Waals surface area contributed by atoms with Gasteiger partial charge in [-0.1, -0.05) is 36.4 Å². The highest BCUT2D eigenvalue weighted by Gasteiger charge is 2.51. The summed E-state index contributed by atoms with van der Waals surface area (Å²) in [6.07, 6.45) is 2.01. The molecule has 9 nitrogen and oxygen atoms in total. The molecule has 0 aromatic heterocycles. The Labute approximate surface area is 211 Å². The Bertz CT molecular complexity index is 1110. The van der Waals surface area contributed by atoms with E-state index in [2.05, 4.69) is 44.4 Å². The first-order valence-electron chi connectivity index (χ1n) is 12.9. The van der Waals surface area contributed by atoms with Crippen LogP contribution in [0.3, 0.4) is 0 Å². The second-order valence-electron chi connectivity index (χ2n) is 10.2. The number of ether oxygens (including phenoxy) is 1. The summed E-state index contributed by atoms with van der Waals surface area (Å²) in [5.74, 6) is 1.02. The highest BCUT2D eigenvalue weighted by atomic mass is 16.5. The van der Waals surface area contributed by atoms with Crippen LogP contribution >= 0.6 is 0 Å². The molecule has 0 bridgehead atoms. The van der Waals surface area contributed by atoms with Crippen LogP contribution in [0, 0.1) is 11.8 Å². The van der Waals surface area contributed by atoms with Crippen molar-refractivity contribution in [1.82, 2.24) is 26.2 Å². The molecular weight excluding hydrogens is 456 g/mol. The second-order valence-corrected chi connectivity index (χ2v) is 10.2. The summed E-state index contributed by atoms with van der Waals surface area (Å²) in [7, 11) is 1.68. The minimum atomic E-state index is -0.179. The van der Waals surface area contributed by atoms with Gasteiger partial charge in [-0.05, 0) is 37.0 Å². The van der Waals surface area contributed by atoms with Gasteiger partial charge >= 0.3 is 0 Å². The lowest BCUT2D eigenvalue weighted by molar-refractivity contribution is -0.147. The van der Waals surface area contributed by atoms with E-state index in [-0.39, 0.29) is 41.9 Å². The van der Waals surface area contributed by atoms with Crippen molar-refractivity contribution in [2.75, 3.05) is 38.2 Å². The van der Waals surface area contributed by atoms with E-state index < -0.39 is 0 Å². The molecular formula is C27H34N6O3. The number of amides is 2. The zero-order chi connectivity index (χ0) is 24.6. The Morgan fingerprint density at radius 2 is 1.81 bits per heavy atom. The van der Waals surface area contributed by atoms with Crippen molar-refractivity contribution >= 4 is 17.5 Å². The van der Waals surface area contributed by atoms with Crippen molar-refractivity contribution in [2.45, 2.75) is 37.5 Å². The van der Waals surface area contributed by atoms with Crippen molar-refractivity contribution in [3.63, 3.8) is 0 Å². The Morgan fingerprint density at radius 1 is 1.00 bits per heavy atom. The van der Waals surface area contributed by atoms with Gasteiger partial charge in [-0.3, -0.25) is 9.59 Å². The maximum Gasteiger partial charge on any atom is 0.226 e. The predicted octanol–water partition coefficient (Wildman–Crippen LogP) is 1.65. The van der Waals surface area contributed by atoms with Crippen LogP contribution in [-0.2, 0) is 9.59 Å². The predicted molar refractivity (Wildman–Crippen MR) is 136 cm³/mol. The number of piperazine rings is 1. The maximum absolute atomic E-state index is 13.6. The lowest BCUT2D eigenvalue weighted by atomic mass is 9.75. The van der Waals surface area contributed by atoms with Crippen LogP contribution in [0.2, 0.25) is 0 Å². The van der Waals surface area contributed by atoms with Crippen molar-refractivity contribution in [1.29, 1.82) is 0 Å². The number of benzene rings is 2. The largest absolute Gasteiger partial charge is 0.497 e. The standard InChI is InChI=1S/C27H34N6O3/c1-36-21-9-5-8-20(17-21)31-12-14-32(15-13-31)27(35)19-10-11-22-23(16-19)33-25(28-26(22)34)24(29-30-33)18-6-3-2-4-7-18/h2-9,17,19,22-25,29-30H,10-16H2,1H3,(H,28,34). The van der Waals surface area contributed by atoms with Gasteiger partial charge in [0.15, 0.2) is 0 Å². The summed E-state index contributed by atoms with van der Waals surface area (Å²) in [4.78, 5) is 30.9. The van der Waals surface area contributed by atoms with Crippen LogP contribution in [0.1, 0.15) is 30.9 Å². The van der Waals surface area contributed by atoms with Crippen LogP contribution in [0.4, 0.5) is 5.69 Å². The molecule has 3 saturated heterocycles. The first-order valence-corrected chi connectivity index (χ1v) is 12.9. The van der Waals surface area contributed by atoms with Gasteiger partial charge in [0.2, 0.25) is 11.8 Å². The topological polar surface area (TPSA) is 89.2 Å². The normalized spacial score (nSPS) is 30.4. The van der Waals surface area contributed by atoms with Gasteiger partial charge in [-0.2, -0.15) is 5.53 Å². The molecule has 2 aromatic rings. The van der Waals surface area contributed by atoms with E-state index in [1.165, 1.54) is 0 Å². The summed E-state index contributed by atoms with van der Waals surface area (Å²) in [6.45, 7) is 3.03. The number of nitrogens with zero attached hydrogens (tertiary/aromatic N) is 3. The minimum absolute atomic E-state index is 0.00858. The first kappa shape index (κ1) is 23.3. The average Bonchev–Trinajstić information content (AvgIpc) is 3.37. The quantitative estimate of drug-likeness (QED) is 0.601. The van der Waals surface area contributed by atoms with Crippen LogP contribution in [0.15, 0.2) is 54.6 Å². The van der Waals surface area contributed by atoms with E-state index in [1.54, 1.807) is 7.11 Å². The molecule has 1 aliphatic carbocycles. The highest BCUT2D eigenvalue weighted by molar-refractivity contribution is 5.83. The number of hydrazine groups is 2. The van der Waals surface area contributed by atoms with Gasteiger partial charge in [-0.15, -0.1) is 0 Å². The third-order valence-electron chi connectivity index (χ3n) is 8.28. The molecule has 2 aromatic carbocycles. The molecule has 0 spiro atoms. The fraction of sp³-hybridized carbons (Fsp3) is 0.481. The zero-order valence-electron chi connectivity index (χ0n) is 20.6. The average molecular weight is 491 g/mol. The van der Waals surface area contributed by atoms with E-state index in [0.29, 0.717) is 19.5 Å². The van der Waals surface area contributed by atoms with E-state index >= 15 is 0 Å². The molecule has 5 atom stereocenters. The number of hydrogen-bond donors (Lipinski definition) is 3. The molecule has 9 heteroatoms. The van der Waals surface area contributed by atoms with Crippen molar-refractivity contribution in [3.8, 4) is 5.75 Å². The fourth-order valence-electron chi connectivity index (χ4n) is 6.31. The minimum Gasteiger partial charge on any atom is -0.497 e. The van der Waals surface area contributed by atoms with Gasteiger partial charge in [0.25, 0.3) is 0 Å². The molecule has 1 saturated carbocycles. The van der Waals surface area contributed by atoms with Gasteiger partial charge in [0.05, 0.1) is 19.1 Å². The SMILES string of the molecule is COc1cccc(N2CCN(C(=O)C3CCC4C(=O)NC5C(c6ccccc6)NNN5C4C3)CC2)c1. The monoisotopic (exact) mass is 490 g/mol. The first-order chi connectivity index (χ1) is 17.6. The number of methoxy groups -OCH3 is 1. The summed E-state index contributed by atoms with van der Waals surface area (Å²) in [5, 5.41) is 5.36. The highest BCUT2D eigenvalue weighted by Crippen LogP contribution is 2.39. The molecule has 3 N–H and O–H groups in total. The maximum atomic E-state index is 13.6. The van der Waals surface area contributed by atoms with Gasteiger partial charge in [0, 0.05) is 49.9 Å². The number of fused-ring (bicyclic) bond motifs is 3. The van der Waals surface area contributed by atoms with Crippen molar-refractivity contribution in [3.05, 3.63) is 60.2 Å². The Balaban J connectivity index is 1.10. The number of hydrogen-bond acceptors (Lipinski definition) is 7. The molecule has 6 rings (SSSR count). The van der Waals surface area contributed by atoms with Crippen LogP contribution in [0.5, 0.6) is 5.75 Å². The summed E-state index contributed by atoms with van der Waals surface area (Å²) >= 11 is 0. The molecule has 4 fully saturated rings. The third kappa shape index (κ3) is 4.21. The Kier molecular flexibility index (Phi) is 6.29. The van der Waals surface area contributed by atoms with Crippen LogP contribution in [-0.4, -0.2) is 67.2 Å². The fourth-order valence-corrected chi connectivity index (χ4v) is 6.31. The Morgan fingerprint density at radius 3 is 2.58 bits per heavy atom. The molecule has 190 valence electrons. The van der Waals surface area contributed by atoms with Crippen LogP contribution in [0.25, 0.3) is 0 Å². The van der Waals surface area contributed by atoms with Gasteiger partial charge < -0.3 is 19.9 Å². The molecule has 36 heavy (non-hydrogen) atoms. The van der Waals surface area contributed by atoms with Gasteiger partial charge in [-0.25, -0.2) is 10.4 Å². The van der Waals surface area contributed by atoms with Crippen molar-refractivity contribution < 1.29 is 14.3 Å². The lowest BCUT2D eigenvalue weighted by Crippen LogP contribution is -2.66. The van der Waals surface area contributed by atoms with Gasteiger partial charge in [0.1, 0.15) is 11.9 Å². The number of nitrogens with one attached hydrogen (secondary N) is 3. The number of carbonyl (C=O) groups is 2. The number of rotatable bonds is 4. The Hall–Kier alpha value is -3.14. The van der Waals surface area contributed by atoms with E-state index in [9.17, 15) is 9.59 Å². The summed E-state index contributed by atoms with van der Waals surface area (Å²) < 4.78 is 5.36. The summed E-state index contributed by atoms with van der Waals surface area (Å²) in [5.41, 5.74) is 8.93. The molecule has 3 heterocycles. The molecule has 0 radical (unpaired) electrons. The van der Waals surface area contributed by atoms with Crippen LogP contribution < -0.4 is 25.9 Å². The van der Waals surface area contributed by atoms with E-state index in [1.807, 2.05) is 41.3 Å². The second kappa shape index (κ2) is 9.72. The molecule has 3 aliphatic heterocycles. The van der Waals surface area contributed by atoms with Crippen molar-refractivity contribution in [2.24, 2.45) is 11.8 Å². The molecule has 2 amide bonds. The lowest BCUT2D eigenvalue weighted by Gasteiger charge is -2.47. The van der Waals surface area contributed by atoms with E-state index in [0.717, 1.165) is 42.9 Å².